The lowest BCUT2D eigenvalue weighted by atomic mass is 9.75. The highest BCUT2D eigenvalue weighted by Crippen LogP contribution is 2.51. The van der Waals surface area contributed by atoms with Crippen molar-refractivity contribution in [3.8, 4) is 11.5 Å². The van der Waals surface area contributed by atoms with Crippen molar-refractivity contribution in [1.29, 1.82) is 0 Å². The van der Waals surface area contributed by atoms with E-state index in [0.29, 0.717) is 24.0 Å². The summed E-state index contributed by atoms with van der Waals surface area (Å²) in [6, 6.07) is 16.6. The minimum absolute atomic E-state index is 0.126. The smallest absolute Gasteiger partial charge is 0.125 e. The van der Waals surface area contributed by atoms with Crippen molar-refractivity contribution in [1.82, 2.24) is 0 Å². The van der Waals surface area contributed by atoms with E-state index in [9.17, 15) is 0 Å². The fraction of sp³-hybridized carbons (Fsp3) is 0.600. The van der Waals surface area contributed by atoms with E-state index in [1.807, 2.05) is 12.1 Å². The summed E-state index contributed by atoms with van der Waals surface area (Å²) in [6.45, 7) is 13.1. The molecule has 6 atom stereocenters. The van der Waals surface area contributed by atoms with Crippen LogP contribution in [-0.2, 0) is 9.47 Å². The molecule has 0 aromatic heterocycles. The van der Waals surface area contributed by atoms with Crippen molar-refractivity contribution in [2.45, 2.75) is 103 Å². The Labute approximate surface area is 204 Å². The molecule has 0 radical (unpaired) electrons. The number of rotatable bonds is 0. The van der Waals surface area contributed by atoms with Crippen molar-refractivity contribution in [3.63, 3.8) is 0 Å². The normalized spacial score (nSPS) is 34.4. The largest absolute Gasteiger partial charge is 0.487 e. The van der Waals surface area contributed by atoms with Crippen LogP contribution in [0.4, 0.5) is 0 Å². The molecule has 0 spiro atoms. The summed E-state index contributed by atoms with van der Waals surface area (Å²) >= 11 is 0. The molecule has 2 saturated heterocycles. The Morgan fingerprint density at radius 1 is 0.588 bits per heavy atom. The van der Waals surface area contributed by atoms with Crippen LogP contribution in [0.2, 0.25) is 0 Å². The van der Waals surface area contributed by atoms with Gasteiger partial charge in [-0.05, 0) is 79.4 Å². The first-order chi connectivity index (χ1) is 16.2. The molecule has 0 amide bonds. The van der Waals surface area contributed by atoms with E-state index in [4.69, 9.17) is 18.9 Å². The fourth-order valence-electron chi connectivity index (χ4n) is 6.30. The van der Waals surface area contributed by atoms with Crippen molar-refractivity contribution in [2.24, 2.45) is 11.8 Å². The number of hydrogen-bond donors (Lipinski definition) is 0. The standard InChI is InChI=1S/2C15H20O2/c2*1-10-8-9-12-14(16-10)11-6-4-5-7-13(11)17-15(12,2)3/h2*4-7,10,12,14H,8-9H2,1-3H3/t2*10-,12-,14+/m00/s1. The summed E-state index contributed by atoms with van der Waals surface area (Å²) in [6.07, 6.45) is 5.78. The Morgan fingerprint density at radius 3 is 1.38 bits per heavy atom. The maximum Gasteiger partial charge on any atom is 0.125 e. The number of fused-ring (bicyclic) bond motifs is 6. The Hall–Kier alpha value is -2.04. The van der Waals surface area contributed by atoms with Gasteiger partial charge in [0.25, 0.3) is 0 Å². The van der Waals surface area contributed by atoms with Crippen LogP contribution in [0.3, 0.4) is 0 Å². The second kappa shape index (κ2) is 8.87. The van der Waals surface area contributed by atoms with Gasteiger partial charge in [0.15, 0.2) is 0 Å². The molecular formula is C30H40O4. The summed E-state index contributed by atoms with van der Waals surface area (Å²) in [5.74, 6) is 2.92. The predicted molar refractivity (Wildman–Crippen MR) is 134 cm³/mol. The molecule has 2 aromatic carbocycles. The summed E-state index contributed by atoms with van der Waals surface area (Å²) in [5.41, 5.74) is 2.20. The van der Waals surface area contributed by atoms with Crippen LogP contribution in [0.1, 0.15) is 90.6 Å². The van der Waals surface area contributed by atoms with Gasteiger partial charge in [-0.1, -0.05) is 36.4 Å². The minimum Gasteiger partial charge on any atom is -0.487 e. The van der Waals surface area contributed by atoms with Gasteiger partial charge >= 0.3 is 0 Å². The molecule has 4 aliphatic heterocycles. The first-order valence-corrected chi connectivity index (χ1v) is 13.0. The first-order valence-electron chi connectivity index (χ1n) is 13.0. The molecule has 0 N–H and O–H groups in total. The number of ether oxygens (including phenoxy) is 4. The molecule has 2 aromatic rings. The lowest BCUT2D eigenvalue weighted by Gasteiger charge is -2.48. The van der Waals surface area contributed by atoms with E-state index in [1.165, 1.54) is 24.0 Å². The van der Waals surface area contributed by atoms with Gasteiger partial charge in [-0.25, -0.2) is 0 Å². The highest BCUT2D eigenvalue weighted by atomic mass is 16.5. The second-order valence-corrected chi connectivity index (χ2v) is 11.6. The third-order valence-electron chi connectivity index (χ3n) is 8.24. The second-order valence-electron chi connectivity index (χ2n) is 11.6. The van der Waals surface area contributed by atoms with E-state index in [-0.39, 0.29) is 23.4 Å². The molecule has 184 valence electrons. The summed E-state index contributed by atoms with van der Waals surface area (Å²) in [4.78, 5) is 0. The molecule has 4 heteroatoms. The Balaban J connectivity index is 0.000000142. The molecule has 0 bridgehead atoms. The molecule has 0 saturated carbocycles. The molecule has 0 unspecified atom stereocenters. The monoisotopic (exact) mass is 464 g/mol. The van der Waals surface area contributed by atoms with Crippen LogP contribution in [0, 0.1) is 11.8 Å². The van der Waals surface area contributed by atoms with E-state index in [1.54, 1.807) is 0 Å². The van der Waals surface area contributed by atoms with Crippen molar-refractivity contribution in [2.75, 3.05) is 0 Å². The Kier molecular flexibility index (Phi) is 6.18. The lowest BCUT2D eigenvalue weighted by Crippen LogP contribution is -2.48. The number of para-hydroxylation sites is 2. The van der Waals surface area contributed by atoms with Crippen LogP contribution in [0.15, 0.2) is 48.5 Å². The molecule has 4 aliphatic rings. The van der Waals surface area contributed by atoms with Gasteiger partial charge in [0.2, 0.25) is 0 Å². The lowest BCUT2D eigenvalue weighted by molar-refractivity contribution is -0.144. The van der Waals surface area contributed by atoms with Gasteiger partial charge in [-0.2, -0.15) is 0 Å². The van der Waals surface area contributed by atoms with Crippen molar-refractivity contribution >= 4 is 0 Å². The molecular weight excluding hydrogens is 424 g/mol. The van der Waals surface area contributed by atoms with Crippen LogP contribution in [0.25, 0.3) is 0 Å². The number of hydrogen-bond acceptors (Lipinski definition) is 4. The topological polar surface area (TPSA) is 36.9 Å². The Morgan fingerprint density at radius 2 is 0.971 bits per heavy atom. The van der Waals surface area contributed by atoms with Gasteiger partial charge in [-0.15, -0.1) is 0 Å². The van der Waals surface area contributed by atoms with Crippen LogP contribution >= 0.6 is 0 Å². The quantitative estimate of drug-likeness (QED) is 0.406. The van der Waals surface area contributed by atoms with Gasteiger partial charge in [0.1, 0.15) is 22.7 Å². The van der Waals surface area contributed by atoms with Crippen molar-refractivity contribution < 1.29 is 18.9 Å². The maximum atomic E-state index is 6.17. The van der Waals surface area contributed by atoms with Crippen molar-refractivity contribution in [3.05, 3.63) is 59.7 Å². The highest BCUT2D eigenvalue weighted by Gasteiger charge is 2.47. The number of benzene rings is 2. The zero-order valence-corrected chi connectivity index (χ0v) is 21.5. The minimum atomic E-state index is -0.126. The average Bonchev–Trinajstić information content (AvgIpc) is 2.78. The van der Waals surface area contributed by atoms with Gasteiger partial charge < -0.3 is 18.9 Å². The first kappa shape index (κ1) is 23.7. The summed E-state index contributed by atoms with van der Waals surface area (Å²) < 4.78 is 24.6. The predicted octanol–water partition coefficient (Wildman–Crippen LogP) is 7.43. The van der Waals surface area contributed by atoms with Gasteiger partial charge in [0.05, 0.1) is 24.4 Å². The van der Waals surface area contributed by atoms with E-state index in [0.717, 1.165) is 24.3 Å². The van der Waals surface area contributed by atoms with E-state index >= 15 is 0 Å². The van der Waals surface area contributed by atoms with E-state index in [2.05, 4.69) is 77.9 Å². The van der Waals surface area contributed by atoms with Crippen LogP contribution in [-0.4, -0.2) is 23.4 Å². The maximum absolute atomic E-state index is 6.17. The Bertz CT molecular complexity index is 931. The highest BCUT2D eigenvalue weighted by molar-refractivity contribution is 5.40. The SMILES string of the molecule is C[C@H]1CC[C@H]2[C@H](O1)c1ccccc1OC2(C)C.C[C@H]1CC[C@H]2[C@H](O1)c1ccccc1OC2(C)C. The van der Waals surface area contributed by atoms with E-state index < -0.39 is 0 Å². The molecule has 6 rings (SSSR count). The zero-order valence-electron chi connectivity index (χ0n) is 21.5. The molecule has 0 aliphatic carbocycles. The summed E-state index contributed by atoms with van der Waals surface area (Å²) in [5, 5.41) is 0. The van der Waals surface area contributed by atoms with Crippen LogP contribution in [0.5, 0.6) is 11.5 Å². The van der Waals surface area contributed by atoms with Crippen LogP contribution < -0.4 is 9.47 Å². The molecule has 2 fully saturated rings. The summed E-state index contributed by atoms with van der Waals surface area (Å²) in [7, 11) is 0. The average molecular weight is 465 g/mol. The third-order valence-corrected chi connectivity index (χ3v) is 8.24. The van der Waals surface area contributed by atoms with Gasteiger partial charge in [0, 0.05) is 23.0 Å². The van der Waals surface area contributed by atoms with Gasteiger partial charge in [-0.3, -0.25) is 0 Å². The third kappa shape index (κ3) is 4.35. The zero-order chi connectivity index (χ0) is 24.1. The molecule has 34 heavy (non-hydrogen) atoms. The fourth-order valence-corrected chi connectivity index (χ4v) is 6.30. The molecule has 4 nitrogen and oxygen atoms in total. The molecule has 4 heterocycles.